The predicted octanol–water partition coefficient (Wildman–Crippen LogP) is 4.52. The van der Waals surface area contributed by atoms with Gasteiger partial charge in [-0.2, -0.15) is 0 Å². The summed E-state index contributed by atoms with van der Waals surface area (Å²) in [4.78, 5) is 0. The first-order valence-electron chi connectivity index (χ1n) is 6.44. The minimum Gasteiger partial charge on any atom is -0.303 e. The summed E-state index contributed by atoms with van der Waals surface area (Å²) in [6, 6.07) is 8.98. The van der Waals surface area contributed by atoms with Gasteiger partial charge in [0.1, 0.15) is 17.5 Å². The average molecular weight is 279 g/mol. The summed E-state index contributed by atoms with van der Waals surface area (Å²) in [5.41, 5.74) is 0.726. The molecule has 2 aromatic rings. The van der Waals surface area contributed by atoms with Gasteiger partial charge in [0.05, 0.1) is 0 Å². The van der Waals surface area contributed by atoms with Crippen LogP contribution in [0.5, 0.6) is 0 Å². The van der Waals surface area contributed by atoms with Crippen molar-refractivity contribution in [2.24, 2.45) is 0 Å². The second-order valence-corrected chi connectivity index (χ2v) is 4.80. The second kappa shape index (κ2) is 6.09. The number of hydrogen-bond acceptors (Lipinski definition) is 1. The van der Waals surface area contributed by atoms with Crippen LogP contribution in [0.15, 0.2) is 42.5 Å². The van der Waals surface area contributed by atoms with Crippen molar-refractivity contribution >= 4 is 0 Å². The largest absolute Gasteiger partial charge is 0.303 e. The quantitative estimate of drug-likeness (QED) is 0.868. The van der Waals surface area contributed by atoms with Gasteiger partial charge in [-0.3, -0.25) is 0 Å². The molecule has 0 aliphatic rings. The molecule has 0 spiro atoms. The molecule has 0 saturated heterocycles. The Kier molecular flexibility index (Phi) is 4.45. The summed E-state index contributed by atoms with van der Waals surface area (Å²) in [6.45, 7) is 3.50. The fourth-order valence-corrected chi connectivity index (χ4v) is 2.23. The Morgan fingerprint density at radius 3 is 2.10 bits per heavy atom. The van der Waals surface area contributed by atoms with Gasteiger partial charge in [-0.1, -0.05) is 18.2 Å². The van der Waals surface area contributed by atoms with Crippen LogP contribution in [0.25, 0.3) is 0 Å². The molecule has 106 valence electrons. The lowest BCUT2D eigenvalue weighted by Crippen LogP contribution is -2.24. The second-order valence-electron chi connectivity index (χ2n) is 4.80. The molecule has 20 heavy (non-hydrogen) atoms. The van der Waals surface area contributed by atoms with Gasteiger partial charge in [0, 0.05) is 23.2 Å². The third-order valence-corrected chi connectivity index (χ3v) is 3.30. The summed E-state index contributed by atoms with van der Waals surface area (Å²) in [5, 5.41) is 3.07. The zero-order valence-corrected chi connectivity index (χ0v) is 11.3. The van der Waals surface area contributed by atoms with Crippen molar-refractivity contribution in [3.8, 4) is 0 Å². The van der Waals surface area contributed by atoms with E-state index >= 15 is 0 Å². The Morgan fingerprint density at radius 1 is 0.800 bits per heavy atom. The lowest BCUT2D eigenvalue weighted by atomic mass is 10.0. The van der Waals surface area contributed by atoms with E-state index in [1.54, 1.807) is 32.0 Å². The maximum atomic E-state index is 13.7. The smallest absolute Gasteiger partial charge is 0.128 e. The molecule has 0 aromatic heterocycles. The third kappa shape index (κ3) is 3.20. The van der Waals surface area contributed by atoms with E-state index < -0.39 is 17.7 Å². The van der Waals surface area contributed by atoms with Crippen LogP contribution in [-0.4, -0.2) is 0 Å². The van der Waals surface area contributed by atoms with Crippen molar-refractivity contribution in [2.75, 3.05) is 0 Å². The molecular weight excluding hydrogens is 263 g/mol. The van der Waals surface area contributed by atoms with E-state index in [-0.39, 0.29) is 17.4 Å². The number of rotatable bonds is 4. The van der Waals surface area contributed by atoms with Crippen LogP contribution in [0, 0.1) is 17.5 Å². The van der Waals surface area contributed by atoms with Gasteiger partial charge in [-0.25, -0.2) is 13.2 Å². The van der Waals surface area contributed by atoms with Gasteiger partial charge in [0.2, 0.25) is 0 Å². The van der Waals surface area contributed by atoms with Crippen molar-refractivity contribution < 1.29 is 13.2 Å². The van der Waals surface area contributed by atoms with Crippen LogP contribution in [0.4, 0.5) is 13.2 Å². The summed E-state index contributed by atoms with van der Waals surface area (Å²) in [6.07, 6.45) is 0. The van der Waals surface area contributed by atoms with Gasteiger partial charge in [-0.05, 0) is 38.1 Å². The lowest BCUT2D eigenvalue weighted by molar-refractivity contribution is 0.456. The molecule has 0 bridgehead atoms. The zero-order valence-electron chi connectivity index (χ0n) is 11.3. The third-order valence-electron chi connectivity index (χ3n) is 3.30. The molecule has 0 aliphatic carbocycles. The first kappa shape index (κ1) is 14.6. The van der Waals surface area contributed by atoms with E-state index in [1.165, 1.54) is 6.07 Å². The van der Waals surface area contributed by atoms with Gasteiger partial charge in [0.15, 0.2) is 0 Å². The van der Waals surface area contributed by atoms with Crippen LogP contribution in [0.2, 0.25) is 0 Å². The SMILES string of the molecule is CC(N[C@H](C)c1ccccc1F)c1cc(F)ccc1F. The van der Waals surface area contributed by atoms with E-state index in [2.05, 4.69) is 5.32 Å². The molecule has 2 rings (SSSR count). The summed E-state index contributed by atoms with van der Waals surface area (Å²) in [7, 11) is 0. The van der Waals surface area contributed by atoms with Crippen LogP contribution < -0.4 is 5.32 Å². The molecule has 0 fully saturated rings. The number of halogens is 3. The van der Waals surface area contributed by atoms with Gasteiger partial charge in [0.25, 0.3) is 0 Å². The van der Waals surface area contributed by atoms with Crippen molar-refractivity contribution in [3.63, 3.8) is 0 Å². The molecule has 4 heteroatoms. The van der Waals surface area contributed by atoms with Crippen molar-refractivity contribution in [3.05, 3.63) is 71.0 Å². The first-order valence-corrected chi connectivity index (χ1v) is 6.44. The van der Waals surface area contributed by atoms with Crippen LogP contribution in [-0.2, 0) is 0 Å². The highest BCUT2D eigenvalue weighted by molar-refractivity contribution is 5.24. The highest BCUT2D eigenvalue weighted by Crippen LogP contribution is 2.23. The number of nitrogens with one attached hydrogen (secondary N) is 1. The fourth-order valence-electron chi connectivity index (χ4n) is 2.23. The van der Waals surface area contributed by atoms with Crippen molar-refractivity contribution in [2.45, 2.75) is 25.9 Å². The molecule has 0 saturated carbocycles. The summed E-state index contributed by atoms with van der Waals surface area (Å²) < 4.78 is 40.5. The van der Waals surface area contributed by atoms with E-state index in [1.807, 2.05) is 0 Å². The van der Waals surface area contributed by atoms with Gasteiger partial charge >= 0.3 is 0 Å². The van der Waals surface area contributed by atoms with Crippen molar-refractivity contribution in [1.82, 2.24) is 5.32 Å². The molecule has 1 N–H and O–H groups in total. The first-order chi connectivity index (χ1) is 9.49. The lowest BCUT2D eigenvalue weighted by Gasteiger charge is -2.21. The summed E-state index contributed by atoms with van der Waals surface area (Å²) in [5.74, 6) is -1.29. The molecule has 2 aromatic carbocycles. The van der Waals surface area contributed by atoms with Gasteiger partial charge in [-0.15, -0.1) is 0 Å². The van der Waals surface area contributed by atoms with E-state index in [0.717, 1.165) is 18.2 Å². The topological polar surface area (TPSA) is 12.0 Å². The highest BCUT2D eigenvalue weighted by atomic mass is 19.1. The van der Waals surface area contributed by atoms with E-state index in [9.17, 15) is 13.2 Å². The average Bonchev–Trinajstić information content (AvgIpc) is 2.41. The normalized spacial score (nSPS) is 14.1. The molecule has 1 unspecified atom stereocenters. The Morgan fingerprint density at radius 2 is 1.40 bits per heavy atom. The van der Waals surface area contributed by atoms with E-state index in [4.69, 9.17) is 0 Å². The molecule has 2 atom stereocenters. The monoisotopic (exact) mass is 279 g/mol. The molecule has 1 nitrogen and oxygen atoms in total. The molecule has 0 heterocycles. The predicted molar refractivity (Wildman–Crippen MR) is 72.7 cm³/mol. The number of hydrogen-bond donors (Lipinski definition) is 1. The molecule has 0 radical (unpaired) electrons. The Bertz CT molecular complexity index is 598. The Hall–Kier alpha value is -1.81. The maximum Gasteiger partial charge on any atom is 0.128 e. The molecule has 0 aliphatic heterocycles. The number of benzene rings is 2. The minimum absolute atomic E-state index is 0.230. The summed E-state index contributed by atoms with van der Waals surface area (Å²) >= 11 is 0. The standard InChI is InChI=1S/C16H16F3N/c1-10(13-5-3-4-6-15(13)18)20-11(2)14-9-12(17)7-8-16(14)19/h3-11,20H,1-2H3/t10-,11?/m1/s1. The molecular formula is C16H16F3N. The highest BCUT2D eigenvalue weighted by Gasteiger charge is 2.17. The van der Waals surface area contributed by atoms with E-state index in [0.29, 0.717) is 5.56 Å². The van der Waals surface area contributed by atoms with Crippen LogP contribution >= 0.6 is 0 Å². The molecule has 0 amide bonds. The maximum absolute atomic E-state index is 13.7. The Labute approximate surface area is 116 Å². The zero-order chi connectivity index (χ0) is 14.7. The Balaban J connectivity index is 2.17. The van der Waals surface area contributed by atoms with Crippen LogP contribution in [0.3, 0.4) is 0 Å². The van der Waals surface area contributed by atoms with Gasteiger partial charge < -0.3 is 5.32 Å². The van der Waals surface area contributed by atoms with Crippen molar-refractivity contribution in [1.29, 1.82) is 0 Å². The fraction of sp³-hybridized carbons (Fsp3) is 0.250. The minimum atomic E-state index is -0.492. The van der Waals surface area contributed by atoms with Crippen LogP contribution in [0.1, 0.15) is 37.1 Å².